The largest absolute Gasteiger partial charge is 0.480 e. The van der Waals surface area contributed by atoms with Crippen molar-refractivity contribution >= 4 is 77.0 Å². The van der Waals surface area contributed by atoms with E-state index in [0.717, 1.165) is 31.2 Å². The first-order valence-corrected chi connectivity index (χ1v) is 31.3. The molecule has 10 amide bonds. The molecule has 89 heavy (non-hydrogen) atoms. The maximum atomic E-state index is 14.1. The number of primary amides is 1. The first kappa shape index (κ1) is 78.9. The summed E-state index contributed by atoms with van der Waals surface area (Å²) in [6.45, 7) is 8.19. The Labute approximate surface area is 523 Å². The highest BCUT2D eigenvalue weighted by molar-refractivity contribution is 5.97. The Kier molecular flexibility index (Phi) is 40.8. The maximum absolute atomic E-state index is 14.1. The molecule has 1 aromatic carbocycles. The molecule has 8 atom stereocenters. The SMILES string of the molecule is CCCCCCCCCCCCCC(=O)NC(Cc1ccccc1)C(=O)NC(C)C(=O)NC(CCCN=C(N)N)C(=O)NC(CCCCN)C(=O)NCC(=O)NC(C)C(=O)NC(CC(C)C)C(=O)NC(CCCN=C(N)N)C(=O)NC(CCC(N)=O)C(=O)O. The van der Waals surface area contributed by atoms with Crippen LogP contribution in [0.2, 0.25) is 0 Å². The number of guanidine groups is 2. The van der Waals surface area contributed by atoms with Gasteiger partial charge in [0.25, 0.3) is 0 Å². The lowest BCUT2D eigenvalue weighted by atomic mass is 10.0. The van der Waals surface area contributed by atoms with Crippen LogP contribution in [0.1, 0.15) is 181 Å². The van der Waals surface area contributed by atoms with E-state index in [1.165, 1.54) is 52.4 Å². The minimum Gasteiger partial charge on any atom is -0.480 e. The quantitative estimate of drug-likeness (QED) is 0.0224. The Balaban J connectivity index is 3.17. The van der Waals surface area contributed by atoms with E-state index in [1.54, 1.807) is 13.8 Å². The number of nitrogens with two attached hydrogens (primary N) is 6. The second-order valence-corrected chi connectivity index (χ2v) is 22.8. The van der Waals surface area contributed by atoms with Crippen LogP contribution in [-0.2, 0) is 59.2 Å². The number of carbonyl (C=O) groups excluding carboxylic acids is 10. The van der Waals surface area contributed by atoms with Gasteiger partial charge < -0.3 is 87.4 Å². The van der Waals surface area contributed by atoms with Crippen molar-refractivity contribution in [3.63, 3.8) is 0 Å². The summed E-state index contributed by atoms with van der Waals surface area (Å²) in [5.41, 5.74) is 33.6. The molecule has 0 radical (unpaired) electrons. The third-order valence-corrected chi connectivity index (χ3v) is 14.3. The lowest BCUT2D eigenvalue weighted by molar-refractivity contribution is -0.142. The monoisotopic (exact) mass is 1260 g/mol. The van der Waals surface area contributed by atoms with Gasteiger partial charge in [-0.15, -0.1) is 0 Å². The summed E-state index contributed by atoms with van der Waals surface area (Å²) in [7, 11) is 0. The zero-order chi connectivity index (χ0) is 66.7. The maximum Gasteiger partial charge on any atom is 0.326 e. The lowest BCUT2D eigenvalue weighted by Crippen LogP contribution is -2.58. The molecular weight excluding hydrogens is 1150 g/mol. The fourth-order valence-corrected chi connectivity index (χ4v) is 9.27. The van der Waals surface area contributed by atoms with Crippen molar-refractivity contribution in [3.05, 3.63) is 35.9 Å². The summed E-state index contributed by atoms with van der Waals surface area (Å²) >= 11 is 0. The molecule has 29 heteroatoms. The molecule has 0 aromatic heterocycles. The molecule has 8 unspecified atom stereocenters. The summed E-state index contributed by atoms with van der Waals surface area (Å²) in [5.74, 6) is -9.52. The van der Waals surface area contributed by atoms with E-state index in [9.17, 15) is 57.8 Å². The van der Waals surface area contributed by atoms with Gasteiger partial charge >= 0.3 is 5.97 Å². The van der Waals surface area contributed by atoms with Gasteiger partial charge in [-0.25, -0.2) is 4.79 Å². The highest BCUT2D eigenvalue weighted by Gasteiger charge is 2.33. The number of carboxylic acids is 1. The first-order chi connectivity index (χ1) is 42.3. The molecule has 22 N–H and O–H groups in total. The Morgan fingerprint density at radius 1 is 0.449 bits per heavy atom. The van der Waals surface area contributed by atoms with E-state index >= 15 is 0 Å². The van der Waals surface area contributed by atoms with E-state index in [0.29, 0.717) is 19.3 Å². The number of nitrogens with zero attached hydrogens (tertiary/aromatic N) is 2. The number of amides is 10. The van der Waals surface area contributed by atoms with E-state index < -0.39 is 114 Å². The molecular formula is C60H105N17O12. The van der Waals surface area contributed by atoms with E-state index in [-0.39, 0.29) is 108 Å². The number of hydrogen-bond donors (Lipinski definition) is 16. The molecule has 502 valence electrons. The van der Waals surface area contributed by atoms with Crippen LogP contribution in [0, 0.1) is 5.92 Å². The second-order valence-electron chi connectivity index (χ2n) is 22.8. The molecule has 0 aliphatic rings. The zero-order valence-electron chi connectivity index (χ0n) is 53.0. The minimum absolute atomic E-state index is 0.0244. The number of benzene rings is 1. The standard InChI is InChI=1S/C60H105N17O12/c1-6-7-8-9-10-11-12-13-14-15-19-29-49(79)72-47(36-41-24-17-16-18-25-41)56(86)71-40(5)52(82)73-43(27-22-33-67-59(63)64)54(84)74-42(26-20-21-32-61)53(83)69-37-50(80)70-39(4)51(81)77-46(35-38(2)3)57(87)75-44(28-23-34-68-60(65)66)55(85)76-45(58(88)89)30-31-48(62)78/h16-18,24-25,38-40,42-47H,6-15,19-23,26-37,61H2,1-5H3,(H2,62,78)(H,69,83)(H,70,80)(H,71,86)(H,72,79)(H,73,82)(H,74,84)(H,75,87)(H,76,85)(H,77,81)(H,88,89)(H4,63,64,67)(H4,65,66,68). The van der Waals surface area contributed by atoms with E-state index in [1.807, 2.05) is 30.3 Å². The molecule has 0 spiro atoms. The van der Waals surface area contributed by atoms with Crippen molar-refractivity contribution in [1.29, 1.82) is 0 Å². The molecule has 0 saturated heterocycles. The molecule has 0 aliphatic carbocycles. The third-order valence-electron chi connectivity index (χ3n) is 14.3. The average molecular weight is 1260 g/mol. The van der Waals surface area contributed by atoms with Gasteiger partial charge in [-0.1, -0.05) is 115 Å². The van der Waals surface area contributed by atoms with Crippen LogP contribution >= 0.6 is 0 Å². The van der Waals surface area contributed by atoms with Crippen LogP contribution in [0.15, 0.2) is 40.3 Å². The number of carbonyl (C=O) groups is 11. The van der Waals surface area contributed by atoms with Crippen molar-refractivity contribution in [2.75, 3.05) is 26.2 Å². The fraction of sp³-hybridized carbons (Fsp3) is 0.683. The van der Waals surface area contributed by atoms with Crippen molar-refractivity contribution < 1.29 is 57.8 Å². The minimum atomic E-state index is -1.53. The van der Waals surface area contributed by atoms with Crippen molar-refractivity contribution in [2.24, 2.45) is 50.3 Å². The summed E-state index contributed by atoms with van der Waals surface area (Å²) in [5, 5.41) is 32.9. The van der Waals surface area contributed by atoms with Gasteiger partial charge in [0.15, 0.2) is 11.9 Å². The molecule has 1 rings (SSSR count). The Hall–Kier alpha value is -8.11. The van der Waals surface area contributed by atoms with Gasteiger partial charge in [0, 0.05) is 32.4 Å². The molecule has 0 heterocycles. The van der Waals surface area contributed by atoms with Crippen molar-refractivity contribution in [1.82, 2.24) is 47.9 Å². The first-order valence-electron chi connectivity index (χ1n) is 31.3. The average Bonchev–Trinajstić information content (AvgIpc) is 2.95. The van der Waals surface area contributed by atoms with E-state index in [4.69, 9.17) is 34.4 Å². The predicted molar refractivity (Wildman–Crippen MR) is 339 cm³/mol. The van der Waals surface area contributed by atoms with Crippen LogP contribution in [-0.4, -0.2) is 157 Å². The highest BCUT2D eigenvalue weighted by Crippen LogP contribution is 2.14. The smallest absolute Gasteiger partial charge is 0.326 e. The number of rotatable bonds is 49. The number of aliphatic imine (C=N–C) groups is 2. The lowest BCUT2D eigenvalue weighted by Gasteiger charge is -2.26. The number of carboxylic acid groups (broad SMARTS) is 1. The summed E-state index contributed by atoms with van der Waals surface area (Å²) in [4.78, 5) is 154. The number of hydrogen-bond acceptors (Lipinski definition) is 14. The normalized spacial score (nSPS) is 13.7. The van der Waals surface area contributed by atoms with Crippen LogP contribution in [0.5, 0.6) is 0 Å². The Bertz CT molecular complexity index is 2420. The van der Waals surface area contributed by atoms with Gasteiger partial charge in [0.2, 0.25) is 59.1 Å². The van der Waals surface area contributed by atoms with Crippen molar-refractivity contribution in [3.8, 4) is 0 Å². The number of unbranched alkanes of at least 4 members (excludes halogenated alkanes) is 11. The van der Waals surface area contributed by atoms with Crippen LogP contribution < -0.4 is 82.3 Å². The summed E-state index contributed by atoms with van der Waals surface area (Å²) < 4.78 is 0. The zero-order valence-corrected chi connectivity index (χ0v) is 53.0. The Morgan fingerprint density at radius 3 is 1.39 bits per heavy atom. The molecule has 0 saturated carbocycles. The van der Waals surface area contributed by atoms with Gasteiger partial charge in [-0.3, -0.25) is 57.9 Å². The molecule has 0 aliphatic heterocycles. The van der Waals surface area contributed by atoms with Crippen LogP contribution in [0.4, 0.5) is 0 Å². The second kappa shape index (κ2) is 46.1. The molecule has 1 aromatic rings. The van der Waals surface area contributed by atoms with Crippen LogP contribution in [0.3, 0.4) is 0 Å². The molecule has 0 bridgehead atoms. The van der Waals surface area contributed by atoms with Gasteiger partial charge in [-0.2, -0.15) is 0 Å². The molecule has 29 nitrogen and oxygen atoms in total. The van der Waals surface area contributed by atoms with Crippen molar-refractivity contribution in [2.45, 2.75) is 231 Å². The highest BCUT2D eigenvalue weighted by atomic mass is 16.4. The topological polar surface area (TPSA) is 497 Å². The summed E-state index contributed by atoms with van der Waals surface area (Å²) in [6, 6.07) is -1.15. The van der Waals surface area contributed by atoms with Crippen LogP contribution in [0.25, 0.3) is 0 Å². The number of nitrogens with one attached hydrogen (secondary N) is 9. The Morgan fingerprint density at radius 2 is 0.899 bits per heavy atom. The number of aliphatic carboxylic acids is 1. The molecule has 0 fully saturated rings. The van der Waals surface area contributed by atoms with E-state index in [2.05, 4.69) is 64.8 Å². The fourth-order valence-electron chi connectivity index (χ4n) is 9.27. The summed E-state index contributed by atoms with van der Waals surface area (Å²) in [6.07, 6.45) is 13.2. The third kappa shape index (κ3) is 37.4. The van der Waals surface area contributed by atoms with Gasteiger partial charge in [0.05, 0.1) is 6.54 Å². The van der Waals surface area contributed by atoms with Gasteiger partial charge in [-0.05, 0) is 96.1 Å². The predicted octanol–water partition coefficient (Wildman–Crippen LogP) is -0.403. The van der Waals surface area contributed by atoms with Gasteiger partial charge in [0.1, 0.15) is 48.3 Å².